The summed E-state index contributed by atoms with van der Waals surface area (Å²) in [7, 11) is 3.84. The molecule has 2 aliphatic heterocycles. The number of carbonyl (C=O) groups excluding carboxylic acids is 3. The molecule has 184 valence electrons. The van der Waals surface area contributed by atoms with Gasteiger partial charge in [0, 0.05) is 24.2 Å². The molecular weight excluding hydrogens is 446 g/mol. The van der Waals surface area contributed by atoms with Crippen molar-refractivity contribution in [3.8, 4) is 5.75 Å². The van der Waals surface area contributed by atoms with E-state index in [0.717, 1.165) is 0 Å². The molecule has 2 amide bonds. The number of amides is 2. The summed E-state index contributed by atoms with van der Waals surface area (Å²) in [5.41, 5.74) is -0.403. The van der Waals surface area contributed by atoms with Crippen LogP contribution in [0.25, 0.3) is 5.76 Å². The average molecular weight is 478 g/mol. The van der Waals surface area contributed by atoms with E-state index in [4.69, 9.17) is 4.74 Å². The van der Waals surface area contributed by atoms with Crippen LogP contribution in [0.15, 0.2) is 54.1 Å². The Labute approximate surface area is 205 Å². The third-order valence-corrected chi connectivity index (χ3v) is 6.55. The van der Waals surface area contributed by atoms with E-state index < -0.39 is 23.1 Å². The van der Waals surface area contributed by atoms with Gasteiger partial charge in [-0.25, -0.2) is 0 Å². The van der Waals surface area contributed by atoms with Crippen LogP contribution in [-0.4, -0.2) is 72.8 Å². The minimum Gasteiger partial charge on any atom is -0.507 e. The Morgan fingerprint density at radius 3 is 2.34 bits per heavy atom. The Bertz CT molecular complexity index is 1190. The maximum atomic E-state index is 14.1. The molecule has 2 aliphatic rings. The van der Waals surface area contributed by atoms with Crippen LogP contribution in [0, 0.1) is 0 Å². The summed E-state index contributed by atoms with van der Waals surface area (Å²) < 4.78 is 5.48. The van der Waals surface area contributed by atoms with Gasteiger partial charge in [-0.2, -0.15) is 0 Å². The first-order valence-electron chi connectivity index (χ1n) is 11.9. The number of ketones is 1. The van der Waals surface area contributed by atoms with Crippen LogP contribution in [0.1, 0.15) is 31.4 Å². The zero-order valence-electron chi connectivity index (χ0n) is 20.6. The fourth-order valence-corrected chi connectivity index (χ4v) is 5.05. The zero-order chi connectivity index (χ0) is 25.3. The number of rotatable bonds is 8. The third kappa shape index (κ3) is 3.78. The maximum absolute atomic E-state index is 14.1. The van der Waals surface area contributed by atoms with Crippen LogP contribution in [0.2, 0.25) is 0 Å². The van der Waals surface area contributed by atoms with Crippen molar-refractivity contribution in [1.29, 1.82) is 0 Å². The van der Waals surface area contributed by atoms with Gasteiger partial charge in [-0.15, -0.1) is 0 Å². The van der Waals surface area contributed by atoms with Gasteiger partial charge in [0.15, 0.2) is 5.54 Å². The monoisotopic (exact) mass is 477 g/mol. The number of likely N-dealkylation sites (tertiary alicyclic amines) is 1. The molecule has 4 rings (SSSR count). The van der Waals surface area contributed by atoms with E-state index in [2.05, 4.69) is 0 Å². The number of anilines is 1. The molecule has 0 radical (unpaired) electrons. The molecular formula is C27H31N3O5. The summed E-state index contributed by atoms with van der Waals surface area (Å²) in [5, 5.41) is 11.4. The number of aliphatic hydroxyl groups excluding tert-OH is 1. The second-order valence-corrected chi connectivity index (χ2v) is 8.90. The third-order valence-electron chi connectivity index (χ3n) is 6.55. The molecule has 0 aromatic heterocycles. The van der Waals surface area contributed by atoms with E-state index in [0.29, 0.717) is 48.7 Å². The molecule has 1 N–H and O–H groups in total. The molecule has 2 heterocycles. The summed E-state index contributed by atoms with van der Waals surface area (Å²) in [6.45, 7) is 5.43. The van der Waals surface area contributed by atoms with E-state index in [1.165, 1.54) is 4.90 Å². The second-order valence-electron chi connectivity index (χ2n) is 8.90. The number of benzene rings is 2. The summed E-state index contributed by atoms with van der Waals surface area (Å²) in [4.78, 5) is 45.9. The van der Waals surface area contributed by atoms with Crippen LogP contribution in [0.3, 0.4) is 0 Å². The number of ether oxygens (including phenoxy) is 1. The number of nitrogens with zero attached hydrogens (tertiary/aromatic N) is 3. The highest BCUT2D eigenvalue weighted by atomic mass is 16.5. The van der Waals surface area contributed by atoms with Crippen molar-refractivity contribution < 1.29 is 24.2 Å². The topological polar surface area (TPSA) is 90.4 Å². The van der Waals surface area contributed by atoms with Crippen molar-refractivity contribution >= 4 is 29.0 Å². The highest BCUT2D eigenvalue weighted by molar-refractivity contribution is 6.50. The van der Waals surface area contributed by atoms with Crippen LogP contribution in [-0.2, 0) is 19.9 Å². The number of Topliss-reactive ketones (excluding diaryl/α,β-unsaturated/α-hetero) is 1. The van der Waals surface area contributed by atoms with Gasteiger partial charge in [-0.05, 0) is 71.2 Å². The van der Waals surface area contributed by atoms with E-state index >= 15 is 0 Å². The molecule has 2 aromatic rings. The van der Waals surface area contributed by atoms with Crippen molar-refractivity contribution in [3.05, 3.63) is 65.2 Å². The molecule has 1 saturated heterocycles. The number of likely N-dealkylation sites (N-methyl/N-ethyl adjacent to an activating group) is 1. The first-order valence-corrected chi connectivity index (χ1v) is 11.9. The second kappa shape index (κ2) is 9.54. The summed E-state index contributed by atoms with van der Waals surface area (Å²) in [6.07, 6.45) is 0.562. The van der Waals surface area contributed by atoms with Gasteiger partial charge in [0.2, 0.25) is 0 Å². The minimum absolute atomic E-state index is 0.190. The Balaban J connectivity index is 1.95. The van der Waals surface area contributed by atoms with Gasteiger partial charge >= 0.3 is 0 Å². The predicted octanol–water partition coefficient (Wildman–Crippen LogP) is 2.98. The molecule has 2 aromatic carbocycles. The van der Waals surface area contributed by atoms with Gasteiger partial charge in [-0.1, -0.05) is 18.2 Å². The Morgan fingerprint density at radius 1 is 1.03 bits per heavy atom. The van der Waals surface area contributed by atoms with Gasteiger partial charge in [0.05, 0.1) is 17.9 Å². The van der Waals surface area contributed by atoms with Crippen LogP contribution in [0.5, 0.6) is 5.75 Å². The van der Waals surface area contributed by atoms with Crippen LogP contribution < -0.4 is 9.64 Å². The van der Waals surface area contributed by atoms with E-state index in [9.17, 15) is 19.5 Å². The van der Waals surface area contributed by atoms with E-state index in [1.807, 2.05) is 45.0 Å². The Hall–Kier alpha value is -3.65. The Morgan fingerprint density at radius 2 is 1.71 bits per heavy atom. The van der Waals surface area contributed by atoms with Crippen molar-refractivity contribution in [3.63, 3.8) is 0 Å². The van der Waals surface area contributed by atoms with Crippen molar-refractivity contribution in [1.82, 2.24) is 9.80 Å². The summed E-state index contributed by atoms with van der Waals surface area (Å²) in [6, 6.07) is 13.8. The number of hydrogen-bond acceptors (Lipinski definition) is 6. The molecule has 8 nitrogen and oxygen atoms in total. The lowest BCUT2D eigenvalue weighted by Crippen LogP contribution is -2.52. The Kier molecular flexibility index (Phi) is 6.67. The number of carbonyl (C=O) groups is 3. The molecule has 35 heavy (non-hydrogen) atoms. The molecule has 0 aliphatic carbocycles. The first kappa shape index (κ1) is 24.5. The molecule has 8 heteroatoms. The first-order chi connectivity index (χ1) is 16.8. The van der Waals surface area contributed by atoms with Crippen molar-refractivity contribution in [2.75, 3.05) is 45.2 Å². The van der Waals surface area contributed by atoms with E-state index in [1.54, 1.807) is 41.3 Å². The van der Waals surface area contributed by atoms with Gasteiger partial charge < -0.3 is 24.5 Å². The van der Waals surface area contributed by atoms with Crippen LogP contribution in [0.4, 0.5) is 5.69 Å². The number of para-hydroxylation sites is 1. The fraction of sp³-hybridized carbons (Fsp3) is 0.370. The largest absolute Gasteiger partial charge is 0.507 e. The van der Waals surface area contributed by atoms with Gasteiger partial charge in [0.25, 0.3) is 17.6 Å². The lowest BCUT2D eigenvalue weighted by Gasteiger charge is -2.34. The van der Waals surface area contributed by atoms with Crippen LogP contribution >= 0.6 is 0 Å². The zero-order valence-corrected chi connectivity index (χ0v) is 20.6. The molecule has 1 spiro atoms. The minimum atomic E-state index is -1.71. The predicted molar refractivity (Wildman–Crippen MR) is 133 cm³/mol. The quantitative estimate of drug-likeness (QED) is 0.357. The number of hydrogen-bond donors (Lipinski definition) is 1. The fourth-order valence-electron chi connectivity index (χ4n) is 5.05. The highest BCUT2D eigenvalue weighted by Crippen LogP contribution is 2.53. The number of fused-ring (bicyclic) bond motifs is 2. The van der Waals surface area contributed by atoms with Crippen molar-refractivity contribution in [2.45, 2.75) is 25.8 Å². The average Bonchev–Trinajstić information content (AvgIpc) is 3.22. The summed E-state index contributed by atoms with van der Waals surface area (Å²) >= 11 is 0. The molecule has 1 unspecified atom stereocenters. The molecule has 1 atom stereocenters. The maximum Gasteiger partial charge on any atom is 0.296 e. The van der Waals surface area contributed by atoms with Crippen molar-refractivity contribution in [2.24, 2.45) is 0 Å². The molecule has 0 bridgehead atoms. The smallest absolute Gasteiger partial charge is 0.296 e. The summed E-state index contributed by atoms with van der Waals surface area (Å²) in [5.74, 6) is -1.80. The van der Waals surface area contributed by atoms with Gasteiger partial charge in [-0.3, -0.25) is 14.4 Å². The number of aliphatic hydroxyl groups is 1. The SMILES string of the molecule is CCOc1ccc(C(O)=C2C(=O)C(=O)N(CCCN(C)C)C23C(=O)N(CC)c2ccccc23)cc1. The normalized spacial score (nSPS) is 20.9. The lowest BCUT2D eigenvalue weighted by atomic mass is 9.82. The van der Waals surface area contributed by atoms with E-state index in [-0.39, 0.29) is 17.9 Å². The molecule has 1 fully saturated rings. The molecule has 0 saturated carbocycles. The standard InChI is InChI=1S/C27H31N3O5/c1-5-29-21-11-8-7-10-20(21)27(26(29)34)22(23(31)18-12-14-19(15-13-18)35-6-2)24(32)25(33)30(27)17-9-16-28(3)4/h7-8,10-15,31H,5-6,9,16-17H2,1-4H3. The highest BCUT2D eigenvalue weighted by Gasteiger charge is 2.66. The van der Waals surface area contributed by atoms with Gasteiger partial charge in [0.1, 0.15) is 11.5 Å². The lowest BCUT2D eigenvalue weighted by molar-refractivity contribution is -0.143.